The molecule has 14 nitrogen and oxygen atoms in total. The summed E-state index contributed by atoms with van der Waals surface area (Å²) in [7, 11) is 0. The number of aromatic nitrogens is 8. The highest BCUT2D eigenvalue weighted by molar-refractivity contribution is 6.32. The van der Waals surface area contributed by atoms with Crippen LogP contribution in [0, 0.1) is 22.7 Å². The van der Waals surface area contributed by atoms with E-state index < -0.39 is 0 Å². The average Bonchev–Trinajstić information content (AvgIpc) is 3.67. The first kappa shape index (κ1) is 32.8. The fourth-order valence-corrected chi connectivity index (χ4v) is 7.14. The smallest absolute Gasteiger partial charge is 0.327 e. The molecule has 8 heterocycles. The number of hydrogen-bond acceptors (Lipinski definition) is 10. The monoisotopic (exact) mass is 708 g/mol. The van der Waals surface area contributed by atoms with Gasteiger partial charge in [0.05, 0.1) is 32.9 Å². The van der Waals surface area contributed by atoms with Crippen molar-refractivity contribution in [2.24, 2.45) is 0 Å². The minimum absolute atomic E-state index is 0.101. The molecule has 0 radical (unpaired) electrons. The van der Waals surface area contributed by atoms with Crippen LogP contribution in [-0.4, -0.2) is 65.2 Å². The Balaban J connectivity index is 0.000000157. The summed E-state index contributed by atoms with van der Waals surface area (Å²) in [6.45, 7) is 3.00. The van der Waals surface area contributed by atoms with Crippen LogP contribution >= 0.6 is 23.2 Å². The second-order valence-electron chi connectivity index (χ2n) is 12.0. The first-order valence-electron chi connectivity index (χ1n) is 16.1. The van der Waals surface area contributed by atoms with E-state index in [0.29, 0.717) is 32.6 Å². The zero-order valence-electron chi connectivity index (χ0n) is 26.6. The van der Waals surface area contributed by atoms with Crippen LogP contribution in [0.1, 0.15) is 48.9 Å². The summed E-state index contributed by atoms with van der Waals surface area (Å²) in [5.74, 6) is 0.760. The van der Waals surface area contributed by atoms with E-state index in [1.54, 1.807) is 33.7 Å². The Bertz CT molecular complexity index is 2390. The van der Waals surface area contributed by atoms with Crippen molar-refractivity contribution in [1.82, 2.24) is 39.0 Å². The van der Waals surface area contributed by atoms with Gasteiger partial charge in [-0.15, -0.1) is 0 Å². The number of nitrogens with zero attached hydrogens (tertiary/aromatic N) is 10. The second kappa shape index (κ2) is 14.0. The van der Waals surface area contributed by atoms with Gasteiger partial charge in [-0.1, -0.05) is 23.2 Å². The van der Waals surface area contributed by atoms with Crippen LogP contribution in [0.15, 0.2) is 70.8 Å². The number of imidazole rings is 2. The standard InChI is InChI=1S/2C17H15ClN6O/c18-13-8-15(21-10-11(13)9-19)23-6-3-12(4-7-23)24-14-2-1-5-20-16(14)22-17(24)25;18-15-8-14(11(9-19)10-21-15)23-6-3-12(4-7-23)24-13-2-1-5-20-16(13)22-17(24)25/h2*1-2,5,8,10,12H,3-4,6-7H2,(H,20,22,25). The van der Waals surface area contributed by atoms with Gasteiger partial charge >= 0.3 is 11.4 Å². The number of halogens is 2. The minimum atomic E-state index is -0.128. The molecule has 2 aliphatic heterocycles. The topological polar surface area (TPSA) is 181 Å². The molecule has 2 N–H and O–H groups in total. The van der Waals surface area contributed by atoms with Gasteiger partial charge in [0, 0.05) is 75.2 Å². The molecule has 50 heavy (non-hydrogen) atoms. The molecular formula is C34H30Cl2N12O2. The van der Waals surface area contributed by atoms with E-state index in [0.717, 1.165) is 74.4 Å². The number of nitrogens with one attached hydrogen (secondary N) is 2. The van der Waals surface area contributed by atoms with Crippen molar-refractivity contribution in [1.29, 1.82) is 10.5 Å². The normalized spacial score (nSPS) is 15.4. The van der Waals surface area contributed by atoms with E-state index in [1.807, 2.05) is 30.3 Å². The maximum atomic E-state index is 12.3. The van der Waals surface area contributed by atoms with E-state index in [-0.39, 0.29) is 23.5 Å². The third-order valence-corrected chi connectivity index (χ3v) is 9.75. The summed E-state index contributed by atoms with van der Waals surface area (Å²) in [4.78, 5) is 51.2. The molecule has 0 bridgehead atoms. The third-order valence-electron chi connectivity index (χ3n) is 9.23. The maximum absolute atomic E-state index is 12.3. The predicted molar refractivity (Wildman–Crippen MR) is 190 cm³/mol. The zero-order chi connectivity index (χ0) is 34.8. The van der Waals surface area contributed by atoms with Crippen molar-refractivity contribution in [2.75, 3.05) is 36.0 Å². The number of piperidine rings is 2. The first-order valence-corrected chi connectivity index (χ1v) is 16.8. The molecular weight excluding hydrogens is 679 g/mol. The molecule has 0 aromatic carbocycles. The van der Waals surface area contributed by atoms with Crippen LogP contribution in [0.4, 0.5) is 11.5 Å². The van der Waals surface area contributed by atoms with Gasteiger partial charge in [-0.2, -0.15) is 10.5 Å². The number of aromatic amines is 2. The molecule has 0 unspecified atom stereocenters. The molecule has 0 spiro atoms. The lowest BCUT2D eigenvalue weighted by Crippen LogP contribution is -2.37. The van der Waals surface area contributed by atoms with Gasteiger partial charge in [-0.05, 0) is 49.9 Å². The Labute approximate surface area is 295 Å². The van der Waals surface area contributed by atoms with Gasteiger partial charge in [0.25, 0.3) is 0 Å². The van der Waals surface area contributed by atoms with Crippen LogP contribution in [0.5, 0.6) is 0 Å². The molecule has 0 saturated carbocycles. The molecule has 2 fully saturated rings. The van der Waals surface area contributed by atoms with Gasteiger partial charge in [-0.3, -0.25) is 19.1 Å². The molecule has 6 aromatic rings. The molecule has 6 aromatic heterocycles. The molecule has 2 saturated heterocycles. The van der Waals surface area contributed by atoms with Gasteiger partial charge in [0.15, 0.2) is 11.3 Å². The SMILES string of the molecule is N#Cc1cnc(Cl)cc1N1CCC(n2c(=O)[nH]c3ncccc32)CC1.N#Cc1cnc(N2CCC(n3c(=O)[nH]c4ncccc43)CC2)cc1Cl. The lowest BCUT2D eigenvalue weighted by Gasteiger charge is -2.34. The summed E-state index contributed by atoms with van der Waals surface area (Å²) in [6, 6.07) is 15.3. The zero-order valence-corrected chi connectivity index (χ0v) is 28.1. The van der Waals surface area contributed by atoms with Crippen LogP contribution in [-0.2, 0) is 0 Å². The highest BCUT2D eigenvalue weighted by Gasteiger charge is 2.26. The lowest BCUT2D eigenvalue weighted by atomic mass is 10.0. The summed E-state index contributed by atoms with van der Waals surface area (Å²) in [5.41, 5.74) is 4.34. The van der Waals surface area contributed by atoms with E-state index in [4.69, 9.17) is 28.5 Å². The summed E-state index contributed by atoms with van der Waals surface area (Å²) in [5, 5.41) is 19.0. The van der Waals surface area contributed by atoms with Crippen molar-refractivity contribution >= 4 is 57.0 Å². The number of rotatable bonds is 4. The van der Waals surface area contributed by atoms with Gasteiger partial charge < -0.3 is 9.80 Å². The predicted octanol–water partition coefficient (Wildman–Crippen LogP) is 4.97. The highest BCUT2D eigenvalue weighted by atomic mass is 35.5. The number of hydrogen-bond donors (Lipinski definition) is 2. The first-order chi connectivity index (χ1) is 24.3. The van der Waals surface area contributed by atoms with Crippen LogP contribution < -0.4 is 21.2 Å². The van der Waals surface area contributed by atoms with Gasteiger partial charge in [0.1, 0.15) is 23.1 Å². The van der Waals surface area contributed by atoms with E-state index in [2.05, 4.69) is 45.8 Å². The Morgan fingerprint density at radius 1 is 0.700 bits per heavy atom. The van der Waals surface area contributed by atoms with Crippen molar-refractivity contribution in [3.63, 3.8) is 0 Å². The molecule has 0 atom stereocenters. The Hall–Kier alpha value is -5.70. The largest absolute Gasteiger partial charge is 0.370 e. The fourth-order valence-electron chi connectivity index (χ4n) is 6.80. The molecule has 0 aliphatic carbocycles. The lowest BCUT2D eigenvalue weighted by molar-refractivity contribution is 0.395. The minimum Gasteiger partial charge on any atom is -0.370 e. The molecule has 8 rings (SSSR count). The summed E-state index contributed by atoms with van der Waals surface area (Å²) < 4.78 is 3.60. The third kappa shape index (κ3) is 6.39. The van der Waals surface area contributed by atoms with Crippen molar-refractivity contribution < 1.29 is 0 Å². The number of fused-ring (bicyclic) bond motifs is 2. The van der Waals surface area contributed by atoms with Crippen molar-refractivity contribution in [3.8, 4) is 12.1 Å². The van der Waals surface area contributed by atoms with Crippen molar-refractivity contribution in [2.45, 2.75) is 37.8 Å². The number of nitriles is 2. The molecule has 0 amide bonds. The van der Waals surface area contributed by atoms with Crippen LogP contribution in [0.3, 0.4) is 0 Å². The van der Waals surface area contributed by atoms with Gasteiger partial charge in [-0.25, -0.2) is 29.5 Å². The van der Waals surface area contributed by atoms with E-state index >= 15 is 0 Å². The Kier molecular flexibility index (Phi) is 9.21. The van der Waals surface area contributed by atoms with Crippen LogP contribution in [0.2, 0.25) is 10.2 Å². The number of pyridine rings is 4. The van der Waals surface area contributed by atoms with Crippen LogP contribution in [0.25, 0.3) is 22.3 Å². The Morgan fingerprint density at radius 3 is 1.74 bits per heavy atom. The number of anilines is 2. The fraction of sp³-hybridized carbons (Fsp3) is 0.294. The quantitative estimate of drug-likeness (QED) is 0.237. The van der Waals surface area contributed by atoms with E-state index in [1.165, 1.54) is 12.4 Å². The number of H-pyrrole nitrogens is 2. The molecule has 252 valence electrons. The van der Waals surface area contributed by atoms with Crippen molar-refractivity contribution in [3.05, 3.63) is 103 Å². The second-order valence-corrected chi connectivity index (χ2v) is 12.8. The Morgan fingerprint density at radius 2 is 1.22 bits per heavy atom. The average molecular weight is 710 g/mol. The maximum Gasteiger partial charge on any atom is 0.327 e. The summed E-state index contributed by atoms with van der Waals surface area (Å²) in [6.07, 6.45) is 9.58. The molecule has 2 aliphatic rings. The van der Waals surface area contributed by atoms with Gasteiger partial charge in [0.2, 0.25) is 0 Å². The van der Waals surface area contributed by atoms with E-state index in [9.17, 15) is 14.9 Å². The summed E-state index contributed by atoms with van der Waals surface area (Å²) >= 11 is 12.1. The molecule has 16 heteroatoms. The highest BCUT2D eigenvalue weighted by Crippen LogP contribution is 2.31.